The van der Waals surface area contributed by atoms with E-state index in [4.69, 9.17) is 0 Å². The van der Waals surface area contributed by atoms with Crippen molar-refractivity contribution in [2.45, 2.75) is 38.1 Å². The van der Waals surface area contributed by atoms with Crippen LogP contribution in [0.5, 0.6) is 0 Å². The summed E-state index contributed by atoms with van der Waals surface area (Å²) in [4.78, 5) is 8.89. The number of hydrogen-bond acceptors (Lipinski definition) is 4. The molecule has 6 heteroatoms. The number of alkyl halides is 1. The molecule has 0 bridgehead atoms. The SMILES string of the molecule is Cc1cc(NC(C)CC(C)Br)n2ncnc2n1. The number of anilines is 1. The molecule has 92 valence electrons. The van der Waals surface area contributed by atoms with Gasteiger partial charge in [-0.25, -0.2) is 4.98 Å². The molecule has 2 aromatic heterocycles. The van der Waals surface area contributed by atoms with Crippen LogP contribution in [-0.2, 0) is 0 Å². The molecular weight excluding hydrogens is 282 g/mol. The van der Waals surface area contributed by atoms with E-state index in [1.165, 1.54) is 6.33 Å². The van der Waals surface area contributed by atoms with Gasteiger partial charge in [-0.1, -0.05) is 22.9 Å². The summed E-state index contributed by atoms with van der Waals surface area (Å²) in [7, 11) is 0. The zero-order chi connectivity index (χ0) is 12.4. The number of nitrogens with zero attached hydrogens (tertiary/aromatic N) is 4. The minimum Gasteiger partial charge on any atom is -0.367 e. The number of nitrogens with one attached hydrogen (secondary N) is 1. The summed E-state index contributed by atoms with van der Waals surface area (Å²) in [5, 5.41) is 7.59. The van der Waals surface area contributed by atoms with Gasteiger partial charge in [-0.3, -0.25) is 0 Å². The van der Waals surface area contributed by atoms with E-state index in [2.05, 4.69) is 50.2 Å². The van der Waals surface area contributed by atoms with Gasteiger partial charge < -0.3 is 5.32 Å². The zero-order valence-corrected chi connectivity index (χ0v) is 11.8. The van der Waals surface area contributed by atoms with Gasteiger partial charge in [0.2, 0.25) is 0 Å². The number of fused-ring (bicyclic) bond motifs is 1. The molecule has 1 N–H and O–H groups in total. The number of aryl methyl sites for hydroxylation is 1. The maximum atomic E-state index is 4.30. The van der Waals surface area contributed by atoms with Crippen molar-refractivity contribution >= 4 is 27.5 Å². The first-order valence-electron chi connectivity index (χ1n) is 5.64. The molecule has 0 saturated carbocycles. The van der Waals surface area contributed by atoms with E-state index in [0.29, 0.717) is 16.6 Å². The molecule has 0 aliphatic heterocycles. The van der Waals surface area contributed by atoms with Crippen LogP contribution >= 0.6 is 15.9 Å². The smallest absolute Gasteiger partial charge is 0.254 e. The molecule has 0 radical (unpaired) electrons. The summed E-state index contributed by atoms with van der Waals surface area (Å²) < 4.78 is 1.72. The third-order valence-corrected chi connectivity index (χ3v) is 2.83. The van der Waals surface area contributed by atoms with E-state index >= 15 is 0 Å². The largest absolute Gasteiger partial charge is 0.367 e. The molecule has 2 heterocycles. The van der Waals surface area contributed by atoms with E-state index in [-0.39, 0.29) is 0 Å². The minimum atomic E-state index is 0.360. The van der Waals surface area contributed by atoms with Gasteiger partial charge in [0, 0.05) is 22.6 Å². The Morgan fingerprint density at radius 2 is 2.24 bits per heavy atom. The molecule has 2 atom stereocenters. The van der Waals surface area contributed by atoms with E-state index in [0.717, 1.165) is 17.9 Å². The van der Waals surface area contributed by atoms with Gasteiger partial charge in [-0.15, -0.1) is 0 Å². The first kappa shape index (κ1) is 12.3. The number of aromatic nitrogens is 4. The lowest BCUT2D eigenvalue weighted by molar-refractivity contribution is 0.699. The normalized spacial score (nSPS) is 14.8. The van der Waals surface area contributed by atoms with Crippen LogP contribution in [-0.4, -0.2) is 30.5 Å². The molecule has 0 amide bonds. The molecule has 0 aliphatic rings. The van der Waals surface area contributed by atoms with Crippen molar-refractivity contribution in [3.8, 4) is 0 Å². The fourth-order valence-electron chi connectivity index (χ4n) is 1.83. The Bertz CT molecular complexity index is 508. The fourth-order valence-corrected chi connectivity index (χ4v) is 2.39. The van der Waals surface area contributed by atoms with E-state index in [1.807, 2.05) is 13.0 Å². The highest BCUT2D eigenvalue weighted by atomic mass is 79.9. The minimum absolute atomic E-state index is 0.360. The molecule has 2 unspecified atom stereocenters. The topological polar surface area (TPSA) is 55.1 Å². The molecule has 0 saturated heterocycles. The molecule has 2 rings (SSSR count). The lowest BCUT2D eigenvalue weighted by Gasteiger charge is -2.17. The summed E-state index contributed by atoms with van der Waals surface area (Å²) in [6.45, 7) is 6.24. The standard InChI is InChI=1S/C11H16BrN5/c1-7(12)4-8(2)15-10-5-9(3)16-11-13-6-14-17(10)11/h5-8,15H,4H2,1-3H3. The van der Waals surface area contributed by atoms with Crippen molar-refractivity contribution in [2.24, 2.45) is 0 Å². The second-order valence-corrected chi connectivity index (χ2v) is 5.88. The van der Waals surface area contributed by atoms with Gasteiger partial charge >= 0.3 is 0 Å². The van der Waals surface area contributed by atoms with E-state index < -0.39 is 0 Å². The first-order chi connectivity index (χ1) is 8.06. The second-order valence-electron chi connectivity index (χ2n) is 4.32. The molecule has 0 spiro atoms. The fraction of sp³-hybridized carbons (Fsp3) is 0.545. The predicted molar refractivity (Wildman–Crippen MR) is 71.6 cm³/mol. The van der Waals surface area contributed by atoms with Crippen LogP contribution in [0.4, 0.5) is 5.82 Å². The van der Waals surface area contributed by atoms with E-state index in [9.17, 15) is 0 Å². The van der Waals surface area contributed by atoms with Crippen LogP contribution in [0.1, 0.15) is 26.0 Å². The summed E-state index contributed by atoms with van der Waals surface area (Å²) in [5.74, 6) is 1.57. The van der Waals surface area contributed by atoms with E-state index in [1.54, 1.807) is 4.52 Å². The Labute approximate surface area is 109 Å². The quantitative estimate of drug-likeness (QED) is 0.881. The summed E-state index contributed by atoms with van der Waals surface area (Å²) in [6, 6.07) is 2.34. The van der Waals surface area contributed by atoms with Gasteiger partial charge in [0.15, 0.2) is 0 Å². The number of rotatable bonds is 4. The Hall–Kier alpha value is -1.17. The van der Waals surface area contributed by atoms with Crippen LogP contribution in [0.3, 0.4) is 0 Å². The lowest BCUT2D eigenvalue weighted by Crippen LogP contribution is -2.20. The van der Waals surface area contributed by atoms with Crippen molar-refractivity contribution in [2.75, 3.05) is 5.32 Å². The van der Waals surface area contributed by atoms with Crippen LogP contribution in [0.2, 0.25) is 0 Å². The molecule has 5 nitrogen and oxygen atoms in total. The Kier molecular flexibility index (Phi) is 3.61. The van der Waals surface area contributed by atoms with Gasteiger partial charge in [-0.2, -0.15) is 14.6 Å². The third kappa shape index (κ3) is 2.94. The van der Waals surface area contributed by atoms with Crippen molar-refractivity contribution < 1.29 is 0 Å². The summed E-state index contributed by atoms with van der Waals surface area (Å²) >= 11 is 3.56. The number of halogens is 1. The van der Waals surface area contributed by atoms with Crippen molar-refractivity contribution in [3.63, 3.8) is 0 Å². The monoisotopic (exact) mass is 297 g/mol. The van der Waals surface area contributed by atoms with Gasteiger partial charge in [0.25, 0.3) is 5.78 Å². The second kappa shape index (κ2) is 5.00. The average Bonchev–Trinajstić information content (AvgIpc) is 2.63. The van der Waals surface area contributed by atoms with Crippen LogP contribution in [0, 0.1) is 6.92 Å². The van der Waals surface area contributed by atoms with Crippen molar-refractivity contribution in [1.82, 2.24) is 19.6 Å². The first-order valence-corrected chi connectivity index (χ1v) is 6.56. The molecule has 0 aliphatic carbocycles. The van der Waals surface area contributed by atoms with Gasteiger partial charge in [-0.05, 0) is 20.3 Å². The highest BCUT2D eigenvalue weighted by Crippen LogP contribution is 2.14. The van der Waals surface area contributed by atoms with Crippen LogP contribution in [0.15, 0.2) is 12.4 Å². The van der Waals surface area contributed by atoms with Crippen molar-refractivity contribution in [1.29, 1.82) is 0 Å². The van der Waals surface area contributed by atoms with Crippen LogP contribution in [0.25, 0.3) is 5.78 Å². The average molecular weight is 298 g/mol. The highest BCUT2D eigenvalue weighted by Gasteiger charge is 2.10. The molecule has 17 heavy (non-hydrogen) atoms. The molecule has 0 aromatic carbocycles. The Morgan fingerprint density at radius 3 is 2.94 bits per heavy atom. The third-order valence-electron chi connectivity index (χ3n) is 2.45. The zero-order valence-electron chi connectivity index (χ0n) is 10.2. The Balaban J connectivity index is 2.25. The lowest BCUT2D eigenvalue weighted by atomic mass is 10.2. The molecule has 0 fully saturated rings. The summed E-state index contributed by atoms with van der Waals surface area (Å²) in [6.07, 6.45) is 2.56. The van der Waals surface area contributed by atoms with Crippen LogP contribution < -0.4 is 5.32 Å². The maximum Gasteiger partial charge on any atom is 0.254 e. The number of hydrogen-bond donors (Lipinski definition) is 1. The Morgan fingerprint density at radius 1 is 1.47 bits per heavy atom. The molecular formula is C11H16BrN5. The summed E-state index contributed by atoms with van der Waals surface area (Å²) in [5.41, 5.74) is 0.937. The maximum absolute atomic E-state index is 4.30. The van der Waals surface area contributed by atoms with Gasteiger partial charge in [0.05, 0.1) is 0 Å². The molecule has 2 aromatic rings. The van der Waals surface area contributed by atoms with Crippen molar-refractivity contribution in [3.05, 3.63) is 18.1 Å². The predicted octanol–water partition coefficient (Wildman–Crippen LogP) is 2.41. The highest BCUT2D eigenvalue weighted by molar-refractivity contribution is 9.09. The van der Waals surface area contributed by atoms with Gasteiger partial charge in [0.1, 0.15) is 12.1 Å².